The van der Waals surface area contributed by atoms with E-state index in [2.05, 4.69) is 4.98 Å². The number of hydrogen-bond acceptors (Lipinski definition) is 1. The van der Waals surface area contributed by atoms with E-state index in [4.69, 9.17) is 11.8 Å². The first-order valence-corrected chi connectivity index (χ1v) is 1.87. The van der Waals surface area contributed by atoms with Crippen molar-refractivity contribution < 1.29 is 0 Å². The largest absolute Gasteiger partial charge is 0.249 e. The van der Waals surface area contributed by atoms with Crippen LogP contribution < -0.4 is 0 Å². The maximum Gasteiger partial charge on any atom is 0.110 e. The van der Waals surface area contributed by atoms with Crippen LogP contribution in [0.15, 0.2) is 18.7 Å². The molecule has 0 aliphatic heterocycles. The second kappa shape index (κ2) is 1.30. The van der Waals surface area contributed by atoms with Gasteiger partial charge in [-0.15, -0.1) is 0 Å². The minimum atomic E-state index is 1.36. The molecule has 3 heteroatoms. The normalized spacial score (nSPS) is 8.83. The van der Waals surface area contributed by atoms with E-state index in [-0.39, 0.29) is 0 Å². The molecule has 0 aliphatic rings. The van der Waals surface area contributed by atoms with Crippen molar-refractivity contribution in [2.75, 3.05) is 0 Å². The van der Waals surface area contributed by atoms with Crippen LogP contribution in [0.25, 0.3) is 0 Å². The molecule has 1 heterocycles. The van der Waals surface area contributed by atoms with Crippen molar-refractivity contribution >= 4 is 11.8 Å². The zero-order chi connectivity index (χ0) is 4.41. The van der Waals surface area contributed by atoms with Gasteiger partial charge in [-0.3, -0.25) is 0 Å². The average molecular weight is 103 g/mol. The van der Waals surface area contributed by atoms with E-state index in [1.54, 1.807) is 12.4 Å². The Morgan fingerprint density at radius 1 is 1.67 bits per heavy atom. The van der Waals surface area contributed by atoms with Gasteiger partial charge in [0.2, 0.25) is 0 Å². The van der Waals surface area contributed by atoms with E-state index in [0.29, 0.717) is 0 Å². The molecule has 0 aliphatic carbocycles. The highest BCUT2D eigenvalue weighted by Gasteiger charge is 1.72. The zero-order valence-electron chi connectivity index (χ0n) is 3.00. The van der Waals surface area contributed by atoms with Gasteiger partial charge in [-0.2, -0.15) is 0 Å². The van der Waals surface area contributed by atoms with Crippen LogP contribution in [0.2, 0.25) is 0 Å². The number of rotatable bonds is 0. The third-order valence-corrected chi connectivity index (χ3v) is 0.672. The fourth-order valence-electron chi connectivity index (χ4n) is 0.243. The Bertz CT molecular complexity index is 112. The lowest BCUT2D eigenvalue weighted by atomic mass is 11.0. The summed E-state index contributed by atoms with van der Waals surface area (Å²) in [6.07, 6.45) is 4.79. The SMILES string of the molecule is Cln1ccnc1. The highest BCUT2D eigenvalue weighted by molar-refractivity contribution is 6.15. The summed E-state index contributed by atoms with van der Waals surface area (Å²) in [6, 6.07) is 0. The van der Waals surface area contributed by atoms with Crippen LogP contribution in [-0.4, -0.2) is 9.07 Å². The van der Waals surface area contributed by atoms with E-state index in [1.807, 2.05) is 0 Å². The lowest BCUT2D eigenvalue weighted by molar-refractivity contribution is 1.21. The Morgan fingerprint density at radius 2 is 2.50 bits per heavy atom. The van der Waals surface area contributed by atoms with Crippen LogP contribution in [0.5, 0.6) is 0 Å². The highest BCUT2D eigenvalue weighted by Crippen LogP contribution is 1.83. The van der Waals surface area contributed by atoms with E-state index in [0.717, 1.165) is 0 Å². The van der Waals surface area contributed by atoms with Crippen LogP contribution in [0.3, 0.4) is 0 Å². The molecule has 6 heavy (non-hydrogen) atoms. The van der Waals surface area contributed by atoms with Crippen LogP contribution >= 0.6 is 11.8 Å². The molecule has 1 aromatic rings. The van der Waals surface area contributed by atoms with Crippen LogP contribution in [0.1, 0.15) is 0 Å². The molecular weight excluding hydrogens is 99.5 g/mol. The monoisotopic (exact) mass is 102 g/mol. The Morgan fingerprint density at radius 3 is 2.67 bits per heavy atom. The topological polar surface area (TPSA) is 17.8 Å². The maximum atomic E-state index is 5.31. The Balaban J connectivity index is 3.05. The molecule has 0 fully saturated rings. The molecule has 2 nitrogen and oxygen atoms in total. The molecule has 0 amide bonds. The molecule has 1 rings (SSSR count). The smallest absolute Gasteiger partial charge is 0.110 e. The minimum absolute atomic E-state index is 1.36. The summed E-state index contributed by atoms with van der Waals surface area (Å²) < 4.78 is 1.36. The molecule has 0 saturated heterocycles. The van der Waals surface area contributed by atoms with E-state index >= 15 is 0 Å². The molecule has 0 atom stereocenters. The van der Waals surface area contributed by atoms with Crippen molar-refractivity contribution in [2.24, 2.45) is 0 Å². The fourth-order valence-corrected chi connectivity index (χ4v) is 0.344. The van der Waals surface area contributed by atoms with E-state index in [1.165, 1.54) is 10.4 Å². The second-order valence-electron chi connectivity index (χ2n) is 0.907. The van der Waals surface area contributed by atoms with Crippen molar-refractivity contribution in [3.8, 4) is 0 Å². The lowest BCUT2D eigenvalue weighted by Gasteiger charge is -1.71. The van der Waals surface area contributed by atoms with Crippen LogP contribution in [0, 0.1) is 0 Å². The summed E-state index contributed by atoms with van der Waals surface area (Å²) in [5, 5.41) is 0. The number of nitrogens with zero attached hydrogens (tertiary/aromatic N) is 2. The van der Waals surface area contributed by atoms with E-state index < -0.39 is 0 Å². The summed E-state index contributed by atoms with van der Waals surface area (Å²) in [6.45, 7) is 0. The quantitative estimate of drug-likeness (QED) is 0.476. The predicted octanol–water partition coefficient (Wildman–Crippen LogP) is 0.885. The van der Waals surface area contributed by atoms with Crippen molar-refractivity contribution in [3.63, 3.8) is 0 Å². The molecule has 0 aromatic carbocycles. The predicted molar refractivity (Wildman–Crippen MR) is 23.5 cm³/mol. The molecular formula is C3H3ClN2. The molecule has 0 bridgehead atoms. The summed E-state index contributed by atoms with van der Waals surface area (Å²) in [5.41, 5.74) is 0. The van der Waals surface area contributed by atoms with Gasteiger partial charge < -0.3 is 0 Å². The van der Waals surface area contributed by atoms with E-state index in [9.17, 15) is 0 Å². The van der Waals surface area contributed by atoms with Crippen molar-refractivity contribution in [1.29, 1.82) is 0 Å². The summed E-state index contributed by atoms with van der Waals surface area (Å²) >= 11 is 5.31. The number of hydrogen-bond donors (Lipinski definition) is 0. The van der Waals surface area contributed by atoms with Gasteiger partial charge in [0.1, 0.15) is 6.33 Å². The molecule has 0 spiro atoms. The summed E-state index contributed by atoms with van der Waals surface area (Å²) in [5.74, 6) is 0. The fraction of sp³-hybridized carbons (Fsp3) is 0. The first-order valence-electron chi connectivity index (χ1n) is 1.54. The van der Waals surface area contributed by atoms with Crippen molar-refractivity contribution in [3.05, 3.63) is 18.7 Å². The zero-order valence-corrected chi connectivity index (χ0v) is 3.76. The van der Waals surface area contributed by atoms with Gasteiger partial charge >= 0.3 is 0 Å². The third-order valence-electron chi connectivity index (χ3n) is 0.472. The minimum Gasteiger partial charge on any atom is -0.249 e. The molecule has 1 aromatic heterocycles. The van der Waals surface area contributed by atoms with Gasteiger partial charge in [-0.1, -0.05) is 0 Å². The molecule has 32 valence electrons. The van der Waals surface area contributed by atoms with Gasteiger partial charge in [-0.25, -0.2) is 9.07 Å². The average Bonchev–Trinajstić information content (AvgIpc) is 1.86. The van der Waals surface area contributed by atoms with Gasteiger partial charge in [0.25, 0.3) is 0 Å². The number of halogens is 1. The Kier molecular flexibility index (Phi) is 0.801. The number of aromatic nitrogens is 2. The Labute approximate surface area is 40.5 Å². The maximum absolute atomic E-state index is 5.31. The first-order chi connectivity index (χ1) is 2.89. The van der Waals surface area contributed by atoms with Gasteiger partial charge in [0.05, 0.1) is 0 Å². The van der Waals surface area contributed by atoms with Crippen LogP contribution in [-0.2, 0) is 0 Å². The van der Waals surface area contributed by atoms with Crippen molar-refractivity contribution in [1.82, 2.24) is 9.07 Å². The number of imidazole rings is 1. The van der Waals surface area contributed by atoms with Crippen molar-refractivity contribution in [2.45, 2.75) is 0 Å². The first kappa shape index (κ1) is 3.68. The Hall–Kier alpha value is -0.500. The van der Waals surface area contributed by atoms with Crippen LogP contribution in [0.4, 0.5) is 0 Å². The summed E-state index contributed by atoms with van der Waals surface area (Å²) in [4.78, 5) is 3.65. The highest BCUT2D eigenvalue weighted by atomic mass is 35.5. The van der Waals surface area contributed by atoms with Gasteiger partial charge in [0.15, 0.2) is 0 Å². The lowest BCUT2D eigenvalue weighted by Crippen LogP contribution is -1.64. The summed E-state index contributed by atoms with van der Waals surface area (Å²) in [7, 11) is 0. The second-order valence-corrected chi connectivity index (χ2v) is 1.30. The van der Waals surface area contributed by atoms with Gasteiger partial charge in [0, 0.05) is 24.2 Å². The molecule has 0 radical (unpaired) electrons. The standard InChI is InChI=1S/C3H3ClN2/c4-6-2-1-5-3-6/h1-3H. The molecule has 0 unspecified atom stereocenters. The molecule has 0 N–H and O–H groups in total. The molecule has 0 saturated carbocycles. The van der Waals surface area contributed by atoms with Gasteiger partial charge in [-0.05, 0) is 0 Å². The third kappa shape index (κ3) is 0.518.